The van der Waals surface area contributed by atoms with Crippen LogP contribution in [0.15, 0.2) is 43.6 Å². The minimum absolute atomic E-state index is 0. The van der Waals surface area contributed by atoms with E-state index in [1.54, 1.807) is 6.07 Å². The molecule has 5 heteroatoms. The molecule has 0 atom stereocenters. The standard InChI is InChI=1S/C21H34FN2O.BrH/c1-6-10-13-23(7-2)14-15-24(8-3,9-4)16-17-25-21-12-11-19(5)18-20(21)22;/h6-7,11-12,18H,1-2,8-10,13-17H2,3-5H3;1H/q+1;/p-1. The number of halogens is 2. The maximum absolute atomic E-state index is 13.9. The van der Waals surface area contributed by atoms with E-state index in [1.165, 1.54) is 6.07 Å². The first-order valence-electron chi connectivity index (χ1n) is 9.21. The molecule has 0 saturated carbocycles. The highest BCUT2D eigenvalue weighted by atomic mass is 79.9. The lowest BCUT2D eigenvalue weighted by atomic mass is 10.2. The fourth-order valence-electron chi connectivity index (χ4n) is 2.93. The molecule has 0 bridgehead atoms. The van der Waals surface area contributed by atoms with Gasteiger partial charge >= 0.3 is 0 Å². The van der Waals surface area contributed by atoms with Crippen molar-refractivity contribution in [3.05, 3.63) is 55.0 Å². The number of quaternary nitrogens is 1. The molecule has 1 rings (SSSR count). The molecule has 0 heterocycles. The maximum Gasteiger partial charge on any atom is 0.165 e. The van der Waals surface area contributed by atoms with Crippen LogP contribution in [0.4, 0.5) is 4.39 Å². The topological polar surface area (TPSA) is 12.5 Å². The van der Waals surface area contributed by atoms with Gasteiger partial charge < -0.3 is 31.1 Å². The van der Waals surface area contributed by atoms with Crippen molar-refractivity contribution in [3.8, 4) is 5.75 Å². The predicted molar refractivity (Wildman–Crippen MR) is 104 cm³/mol. The summed E-state index contributed by atoms with van der Waals surface area (Å²) in [6.45, 7) is 20.3. The zero-order valence-corrected chi connectivity index (χ0v) is 18.1. The normalized spacial score (nSPS) is 10.8. The molecule has 1 aromatic rings. The molecule has 0 radical (unpaired) electrons. The Hall–Kier alpha value is -1.33. The predicted octanol–water partition coefficient (Wildman–Crippen LogP) is 1.40. The summed E-state index contributed by atoms with van der Waals surface area (Å²) in [5.41, 5.74) is 0.904. The average molecular weight is 429 g/mol. The van der Waals surface area contributed by atoms with Crippen LogP contribution in [-0.4, -0.2) is 55.3 Å². The third-order valence-electron chi connectivity index (χ3n) is 4.99. The van der Waals surface area contributed by atoms with Crippen LogP contribution in [0.25, 0.3) is 0 Å². The monoisotopic (exact) mass is 428 g/mol. The van der Waals surface area contributed by atoms with Crippen molar-refractivity contribution in [1.82, 2.24) is 4.90 Å². The number of aryl methyl sites for hydroxylation is 1. The van der Waals surface area contributed by atoms with E-state index in [9.17, 15) is 4.39 Å². The molecule has 0 aliphatic carbocycles. The molecule has 0 saturated heterocycles. The Bertz CT molecular complexity index is 547. The van der Waals surface area contributed by atoms with Crippen LogP contribution < -0.4 is 21.7 Å². The molecule has 3 nitrogen and oxygen atoms in total. The number of benzene rings is 1. The molecule has 0 aromatic heterocycles. The minimum Gasteiger partial charge on any atom is -1.00 e. The Morgan fingerprint density at radius 1 is 1.15 bits per heavy atom. The molecule has 26 heavy (non-hydrogen) atoms. The van der Waals surface area contributed by atoms with Gasteiger partial charge in [0.2, 0.25) is 0 Å². The van der Waals surface area contributed by atoms with Gasteiger partial charge in [-0.25, -0.2) is 4.39 Å². The second-order valence-electron chi connectivity index (χ2n) is 6.50. The lowest BCUT2D eigenvalue weighted by molar-refractivity contribution is -0.924. The van der Waals surface area contributed by atoms with Crippen molar-refractivity contribution in [1.29, 1.82) is 0 Å². The van der Waals surface area contributed by atoms with E-state index in [1.807, 2.05) is 25.3 Å². The molecule has 0 unspecified atom stereocenters. The summed E-state index contributed by atoms with van der Waals surface area (Å²) in [6.07, 6.45) is 4.80. The molecule has 0 spiro atoms. The van der Waals surface area contributed by atoms with Gasteiger partial charge in [0.15, 0.2) is 11.6 Å². The van der Waals surface area contributed by atoms with Crippen molar-refractivity contribution in [2.45, 2.75) is 27.2 Å². The van der Waals surface area contributed by atoms with Crippen LogP contribution in [0, 0.1) is 12.7 Å². The Morgan fingerprint density at radius 2 is 1.85 bits per heavy atom. The summed E-state index contributed by atoms with van der Waals surface area (Å²) in [6, 6.07) is 5.10. The fraction of sp³-hybridized carbons (Fsp3) is 0.524. The molecule has 0 aliphatic heterocycles. The SMILES string of the molecule is C=CCCN(C=C)CC[N+](CC)(CC)CCOc1ccc(C)cc1F.[Br-]. The molecular formula is C21H34BrFN2O. The summed E-state index contributed by atoms with van der Waals surface area (Å²) in [4.78, 5) is 2.24. The molecule has 0 fully saturated rings. The van der Waals surface area contributed by atoms with Gasteiger partial charge in [-0.1, -0.05) is 18.7 Å². The summed E-state index contributed by atoms with van der Waals surface area (Å²) in [5, 5.41) is 0. The van der Waals surface area contributed by atoms with Gasteiger partial charge in [-0.2, -0.15) is 0 Å². The van der Waals surface area contributed by atoms with Crippen molar-refractivity contribution in [2.24, 2.45) is 0 Å². The largest absolute Gasteiger partial charge is 1.00 e. The highest BCUT2D eigenvalue weighted by Gasteiger charge is 2.24. The van der Waals surface area contributed by atoms with Crippen LogP contribution in [-0.2, 0) is 0 Å². The molecule has 1 aromatic carbocycles. The Kier molecular flexibility index (Phi) is 12.3. The van der Waals surface area contributed by atoms with Crippen molar-refractivity contribution in [2.75, 3.05) is 45.9 Å². The van der Waals surface area contributed by atoms with Crippen molar-refractivity contribution < 1.29 is 30.6 Å². The second kappa shape index (κ2) is 12.9. The molecule has 0 N–H and O–H groups in total. The molecule has 148 valence electrons. The summed E-state index contributed by atoms with van der Waals surface area (Å²) >= 11 is 0. The second-order valence-corrected chi connectivity index (χ2v) is 6.50. The van der Waals surface area contributed by atoms with E-state index in [4.69, 9.17) is 4.74 Å². The van der Waals surface area contributed by atoms with E-state index in [0.717, 1.165) is 55.7 Å². The van der Waals surface area contributed by atoms with E-state index in [2.05, 4.69) is 31.9 Å². The highest BCUT2D eigenvalue weighted by molar-refractivity contribution is 5.28. The number of likely N-dealkylation sites (N-methyl/N-ethyl adjacent to an activating group) is 1. The average Bonchev–Trinajstić information content (AvgIpc) is 2.62. The Labute approximate surface area is 169 Å². The van der Waals surface area contributed by atoms with Crippen molar-refractivity contribution >= 4 is 0 Å². The van der Waals surface area contributed by atoms with Crippen LogP contribution in [0.3, 0.4) is 0 Å². The quantitative estimate of drug-likeness (QED) is 0.347. The van der Waals surface area contributed by atoms with E-state index < -0.39 is 0 Å². The maximum atomic E-state index is 13.9. The van der Waals surface area contributed by atoms with Gasteiger partial charge in [0.05, 0.1) is 26.2 Å². The minimum atomic E-state index is -0.284. The van der Waals surface area contributed by atoms with Crippen LogP contribution >= 0.6 is 0 Å². The zero-order valence-electron chi connectivity index (χ0n) is 16.5. The fourth-order valence-corrected chi connectivity index (χ4v) is 2.93. The number of nitrogens with zero attached hydrogens (tertiary/aromatic N) is 2. The van der Waals surface area contributed by atoms with Gasteiger partial charge in [0, 0.05) is 6.54 Å². The van der Waals surface area contributed by atoms with E-state index in [0.29, 0.717) is 12.4 Å². The zero-order chi connectivity index (χ0) is 18.7. The first-order valence-corrected chi connectivity index (χ1v) is 9.21. The van der Waals surface area contributed by atoms with Gasteiger partial charge in [0.25, 0.3) is 0 Å². The first kappa shape index (κ1) is 24.7. The smallest absolute Gasteiger partial charge is 0.165 e. The summed E-state index contributed by atoms with van der Waals surface area (Å²) in [5.74, 6) is 0.0583. The summed E-state index contributed by atoms with van der Waals surface area (Å²) in [7, 11) is 0. The molecular weight excluding hydrogens is 395 g/mol. The number of hydrogen-bond donors (Lipinski definition) is 0. The Balaban J connectivity index is 0.00000625. The lowest BCUT2D eigenvalue weighted by Gasteiger charge is -2.38. The van der Waals surface area contributed by atoms with Gasteiger partial charge in [0.1, 0.15) is 13.2 Å². The number of rotatable bonds is 13. The van der Waals surface area contributed by atoms with Gasteiger partial charge in [-0.05, 0) is 51.1 Å². The third-order valence-corrected chi connectivity index (χ3v) is 4.99. The molecule has 0 amide bonds. The van der Waals surface area contributed by atoms with Crippen LogP contribution in [0.2, 0.25) is 0 Å². The first-order chi connectivity index (χ1) is 12.0. The Morgan fingerprint density at radius 3 is 2.38 bits per heavy atom. The number of ether oxygens (including phenoxy) is 1. The van der Waals surface area contributed by atoms with Crippen LogP contribution in [0.5, 0.6) is 5.75 Å². The van der Waals surface area contributed by atoms with E-state index >= 15 is 0 Å². The molecule has 0 aliphatic rings. The van der Waals surface area contributed by atoms with Crippen molar-refractivity contribution in [3.63, 3.8) is 0 Å². The van der Waals surface area contributed by atoms with Gasteiger partial charge in [-0.15, -0.1) is 6.58 Å². The highest BCUT2D eigenvalue weighted by Crippen LogP contribution is 2.18. The third kappa shape index (κ3) is 7.92. The van der Waals surface area contributed by atoms with Crippen LogP contribution in [0.1, 0.15) is 25.8 Å². The number of hydrogen-bond acceptors (Lipinski definition) is 2. The summed E-state index contributed by atoms with van der Waals surface area (Å²) < 4.78 is 20.6. The lowest BCUT2D eigenvalue weighted by Crippen LogP contribution is -3.00. The van der Waals surface area contributed by atoms with E-state index in [-0.39, 0.29) is 22.8 Å². The van der Waals surface area contributed by atoms with Gasteiger partial charge in [-0.3, -0.25) is 0 Å².